The van der Waals surface area contributed by atoms with Gasteiger partial charge in [-0.1, -0.05) is 30.3 Å². The van der Waals surface area contributed by atoms with Gasteiger partial charge >= 0.3 is 0 Å². The molecular formula is C25H26N6O2. The molecule has 8 heteroatoms. The summed E-state index contributed by atoms with van der Waals surface area (Å²) in [5.74, 6) is 1.96. The van der Waals surface area contributed by atoms with Crippen molar-refractivity contribution in [1.29, 1.82) is 0 Å². The first-order chi connectivity index (χ1) is 16.2. The molecule has 5 rings (SSSR count). The van der Waals surface area contributed by atoms with E-state index in [0.717, 1.165) is 42.7 Å². The smallest absolute Gasteiger partial charge is 0.223 e. The highest BCUT2D eigenvalue weighted by molar-refractivity contribution is 5.87. The Bertz CT molecular complexity index is 1190. The number of nitrogens with zero attached hydrogens (tertiary/aromatic N) is 4. The van der Waals surface area contributed by atoms with Crippen LogP contribution in [0.2, 0.25) is 0 Å². The van der Waals surface area contributed by atoms with Gasteiger partial charge in [-0.05, 0) is 55.5 Å². The van der Waals surface area contributed by atoms with Gasteiger partial charge in [0.25, 0.3) is 0 Å². The van der Waals surface area contributed by atoms with Gasteiger partial charge in [-0.25, -0.2) is 19.9 Å². The van der Waals surface area contributed by atoms with Crippen molar-refractivity contribution in [2.24, 2.45) is 0 Å². The summed E-state index contributed by atoms with van der Waals surface area (Å²) < 4.78 is 5.86. The maximum absolute atomic E-state index is 9.72. The molecule has 168 valence electrons. The van der Waals surface area contributed by atoms with Crippen LogP contribution in [0.25, 0.3) is 11.0 Å². The minimum absolute atomic E-state index is 0.195. The zero-order valence-corrected chi connectivity index (χ0v) is 18.2. The van der Waals surface area contributed by atoms with E-state index in [2.05, 4.69) is 30.6 Å². The molecule has 1 aliphatic rings. The molecule has 0 atom stereocenters. The molecule has 0 radical (unpaired) electrons. The molecule has 3 N–H and O–H groups in total. The highest BCUT2D eigenvalue weighted by atomic mass is 16.5. The van der Waals surface area contributed by atoms with Crippen molar-refractivity contribution in [3.05, 3.63) is 72.7 Å². The van der Waals surface area contributed by atoms with E-state index in [0.29, 0.717) is 29.4 Å². The molecular weight excluding hydrogens is 416 g/mol. The average molecular weight is 443 g/mol. The third kappa shape index (κ3) is 5.35. The van der Waals surface area contributed by atoms with Gasteiger partial charge in [0.2, 0.25) is 5.95 Å². The van der Waals surface area contributed by atoms with E-state index in [1.807, 2.05) is 54.6 Å². The van der Waals surface area contributed by atoms with Crippen molar-refractivity contribution in [3.63, 3.8) is 0 Å². The zero-order valence-electron chi connectivity index (χ0n) is 18.2. The molecule has 1 fully saturated rings. The Balaban J connectivity index is 1.28. The average Bonchev–Trinajstić information content (AvgIpc) is 2.86. The molecule has 4 aromatic rings. The molecule has 2 heterocycles. The van der Waals surface area contributed by atoms with Crippen LogP contribution < -0.4 is 15.4 Å². The van der Waals surface area contributed by atoms with Crippen LogP contribution >= 0.6 is 0 Å². The van der Waals surface area contributed by atoms with Gasteiger partial charge in [0, 0.05) is 11.7 Å². The lowest BCUT2D eigenvalue weighted by Gasteiger charge is -2.26. The molecule has 0 aliphatic heterocycles. The Labute approximate surface area is 192 Å². The number of anilines is 3. The first-order valence-electron chi connectivity index (χ1n) is 11.2. The highest BCUT2D eigenvalue weighted by Gasteiger charge is 2.20. The van der Waals surface area contributed by atoms with Crippen LogP contribution in [0.1, 0.15) is 31.2 Å². The van der Waals surface area contributed by atoms with E-state index < -0.39 is 0 Å². The molecule has 33 heavy (non-hydrogen) atoms. The zero-order chi connectivity index (χ0) is 22.5. The topological polar surface area (TPSA) is 105 Å². The lowest BCUT2D eigenvalue weighted by atomic mass is 9.93. The molecule has 2 aromatic carbocycles. The predicted molar refractivity (Wildman–Crippen MR) is 128 cm³/mol. The van der Waals surface area contributed by atoms with E-state index in [4.69, 9.17) is 4.74 Å². The van der Waals surface area contributed by atoms with Crippen LogP contribution in [-0.2, 0) is 6.61 Å². The first kappa shape index (κ1) is 21.1. The van der Waals surface area contributed by atoms with E-state index in [-0.39, 0.29) is 12.1 Å². The van der Waals surface area contributed by atoms with Crippen LogP contribution in [-0.4, -0.2) is 37.2 Å². The number of aromatic nitrogens is 4. The lowest BCUT2D eigenvalue weighted by molar-refractivity contribution is 0.126. The fraction of sp³-hybridized carbons (Fsp3) is 0.280. The highest BCUT2D eigenvalue weighted by Crippen LogP contribution is 2.25. The molecule has 0 bridgehead atoms. The molecule has 2 aromatic heterocycles. The largest absolute Gasteiger partial charge is 0.489 e. The fourth-order valence-electron chi connectivity index (χ4n) is 3.93. The third-order valence-corrected chi connectivity index (χ3v) is 5.77. The number of fused-ring (bicyclic) bond motifs is 1. The second-order valence-electron chi connectivity index (χ2n) is 8.22. The van der Waals surface area contributed by atoms with Crippen molar-refractivity contribution < 1.29 is 9.84 Å². The lowest BCUT2D eigenvalue weighted by Crippen LogP contribution is -2.28. The first-order valence-corrected chi connectivity index (χ1v) is 11.2. The van der Waals surface area contributed by atoms with E-state index in [1.165, 1.54) is 6.33 Å². The Hall–Kier alpha value is -3.78. The van der Waals surface area contributed by atoms with Crippen LogP contribution in [0.3, 0.4) is 0 Å². The maximum Gasteiger partial charge on any atom is 0.223 e. The fourth-order valence-corrected chi connectivity index (χ4v) is 3.93. The second-order valence-corrected chi connectivity index (χ2v) is 8.22. The van der Waals surface area contributed by atoms with Gasteiger partial charge in [0.1, 0.15) is 29.7 Å². The summed E-state index contributed by atoms with van der Waals surface area (Å²) in [6, 6.07) is 18.1. The second kappa shape index (κ2) is 9.79. The molecule has 1 saturated carbocycles. The third-order valence-electron chi connectivity index (χ3n) is 5.77. The van der Waals surface area contributed by atoms with Crippen molar-refractivity contribution in [1.82, 2.24) is 19.9 Å². The number of aliphatic hydroxyl groups is 1. The molecule has 0 spiro atoms. The van der Waals surface area contributed by atoms with Gasteiger partial charge in [-0.2, -0.15) is 0 Å². The number of hydrogen-bond acceptors (Lipinski definition) is 8. The van der Waals surface area contributed by atoms with Crippen molar-refractivity contribution in [2.45, 2.75) is 44.4 Å². The maximum atomic E-state index is 9.72. The van der Waals surface area contributed by atoms with E-state index in [1.54, 1.807) is 6.20 Å². The van der Waals surface area contributed by atoms with Crippen molar-refractivity contribution in [3.8, 4) is 5.75 Å². The molecule has 0 saturated heterocycles. The van der Waals surface area contributed by atoms with Crippen LogP contribution in [0.4, 0.5) is 17.5 Å². The number of aliphatic hydroxyl groups excluding tert-OH is 1. The minimum Gasteiger partial charge on any atom is -0.489 e. The Kier molecular flexibility index (Phi) is 6.25. The van der Waals surface area contributed by atoms with Gasteiger partial charge in [0.05, 0.1) is 12.3 Å². The van der Waals surface area contributed by atoms with Crippen molar-refractivity contribution in [2.75, 3.05) is 10.6 Å². The summed E-state index contributed by atoms with van der Waals surface area (Å²) in [7, 11) is 0. The quantitative estimate of drug-likeness (QED) is 0.385. The number of ether oxygens (including phenoxy) is 1. The van der Waals surface area contributed by atoms with Gasteiger partial charge in [-0.15, -0.1) is 0 Å². The summed E-state index contributed by atoms with van der Waals surface area (Å²) in [4.78, 5) is 17.8. The standard InChI is InChI=1S/C25H26N6O2/c32-20-10-6-19(7-11-20)30-25-26-14-22-23(31-25)24(28-16-27-22)29-18-8-12-21(13-9-18)33-15-17-4-2-1-3-5-17/h1-5,8-9,12-14,16,19-20,32H,6-7,10-11,15H2,(H,26,30,31)(H,27,28,29)/t19-,20-. The monoisotopic (exact) mass is 442 g/mol. The number of hydrogen-bond donors (Lipinski definition) is 3. The molecule has 0 unspecified atom stereocenters. The summed E-state index contributed by atoms with van der Waals surface area (Å²) in [6.45, 7) is 0.525. The van der Waals surface area contributed by atoms with Crippen LogP contribution in [0.5, 0.6) is 5.75 Å². The normalized spacial score (nSPS) is 18.1. The predicted octanol–water partition coefficient (Wildman–Crippen LogP) is 4.46. The van der Waals surface area contributed by atoms with E-state index in [9.17, 15) is 5.11 Å². The van der Waals surface area contributed by atoms with Crippen LogP contribution in [0, 0.1) is 0 Å². The minimum atomic E-state index is -0.195. The Morgan fingerprint density at radius 3 is 2.48 bits per heavy atom. The summed E-state index contributed by atoms with van der Waals surface area (Å²) >= 11 is 0. The van der Waals surface area contributed by atoms with Crippen molar-refractivity contribution >= 4 is 28.5 Å². The molecule has 0 amide bonds. The van der Waals surface area contributed by atoms with Crippen LogP contribution in [0.15, 0.2) is 67.1 Å². The van der Waals surface area contributed by atoms with Gasteiger partial charge in [0.15, 0.2) is 5.82 Å². The number of nitrogens with one attached hydrogen (secondary N) is 2. The molecule has 1 aliphatic carbocycles. The Morgan fingerprint density at radius 2 is 1.70 bits per heavy atom. The molecule has 8 nitrogen and oxygen atoms in total. The van der Waals surface area contributed by atoms with Gasteiger partial charge < -0.3 is 20.5 Å². The van der Waals surface area contributed by atoms with Gasteiger partial charge in [-0.3, -0.25) is 0 Å². The summed E-state index contributed by atoms with van der Waals surface area (Å²) in [5, 5.41) is 16.4. The van der Waals surface area contributed by atoms with E-state index >= 15 is 0 Å². The SMILES string of the molecule is O[C@H]1CC[C@H](Nc2ncc3ncnc(Nc4ccc(OCc5ccccc5)cc4)c3n2)CC1. The summed E-state index contributed by atoms with van der Waals surface area (Å²) in [5.41, 5.74) is 3.31. The number of rotatable bonds is 7. The summed E-state index contributed by atoms with van der Waals surface area (Å²) in [6.07, 6.45) is 6.41. The number of benzene rings is 2. The Morgan fingerprint density at radius 1 is 0.909 bits per heavy atom.